The summed E-state index contributed by atoms with van der Waals surface area (Å²) < 4.78 is 11.4. The van der Waals surface area contributed by atoms with Crippen molar-refractivity contribution in [1.82, 2.24) is 4.90 Å². The molecule has 1 aliphatic rings. The smallest absolute Gasteiger partial charge is 0.310 e. The first kappa shape index (κ1) is 16.8. The van der Waals surface area contributed by atoms with Crippen LogP contribution in [0.3, 0.4) is 0 Å². The van der Waals surface area contributed by atoms with Gasteiger partial charge >= 0.3 is 5.97 Å². The average molecular weight is 370 g/mol. The highest BCUT2D eigenvalue weighted by atomic mass is 79.9. The first-order valence-electron chi connectivity index (χ1n) is 7.30. The fourth-order valence-electron chi connectivity index (χ4n) is 2.56. The molecule has 1 fully saturated rings. The Balaban J connectivity index is 1.94. The predicted molar refractivity (Wildman–Crippen MR) is 85.6 cm³/mol. The Morgan fingerprint density at radius 2 is 2.00 bits per heavy atom. The minimum absolute atomic E-state index is 0.100. The highest BCUT2D eigenvalue weighted by Crippen LogP contribution is 2.21. The van der Waals surface area contributed by atoms with E-state index in [0.717, 1.165) is 17.3 Å². The molecule has 0 spiro atoms. The van der Waals surface area contributed by atoms with Crippen LogP contribution in [0.4, 0.5) is 0 Å². The summed E-state index contributed by atoms with van der Waals surface area (Å²) in [7, 11) is 1.38. The van der Waals surface area contributed by atoms with Gasteiger partial charge in [-0.2, -0.15) is 0 Å². The lowest BCUT2D eigenvalue weighted by atomic mass is 9.98. The third-order valence-corrected chi connectivity index (χ3v) is 4.27. The maximum Gasteiger partial charge on any atom is 0.310 e. The van der Waals surface area contributed by atoms with Gasteiger partial charge in [-0.15, -0.1) is 0 Å². The molecule has 0 saturated carbocycles. The van der Waals surface area contributed by atoms with Crippen molar-refractivity contribution in [1.29, 1.82) is 0 Å². The summed E-state index contributed by atoms with van der Waals surface area (Å²) in [5.41, 5.74) is 0. The van der Waals surface area contributed by atoms with Crippen molar-refractivity contribution in [3.8, 4) is 5.75 Å². The van der Waals surface area contributed by atoms with E-state index in [1.165, 1.54) is 7.11 Å². The van der Waals surface area contributed by atoms with Gasteiger partial charge in [0.15, 0.2) is 6.10 Å². The van der Waals surface area contributed by atoms with Crippen LogP contribution in [0.15, 0.2) is 28.7 Å². The van der Waals surface area contributed by atoms with Gasteiger partial charge in [-0.3, -0.25) is 9.59 Å². The molecule has 1 aromatic carbocycles. The molecule has 1 heterocycles. The number of methoxy groups -OCH3 is 1. The van der Waals surface area contributed by atoms with Crippen LogP contribution < -0.4 is 4.74 Å². The molecule has 6 heteroatoms. The maximum absolute atomic E-state index is 12.5. The zero-order chi connectivity index (χ0) is 16.1. The number of halogens is 1. The maximum atomic E-state index is 12.5. The summed E-state index contributed by atoms with van der Waals surface area (Å²) in [4.78, 5) is 25.8. The molecule has 1 amide bonds. The quantitative estimate of drug-likeness (QED) is 0.765. The van der Waals surface area contributed by atoms with Crippen molar-refractivity contribution < 1.29 is 19.1 Å². The molecule has 2 atom stereocenters. The van der Waals surface area contributed by atoms with Crippen LogP contribution in [0.5, 0.6) is 5.75 Å². The van der Waals surface area contributed by atoms with Crippen LogP contribution in [0.1, 0.15) is 19.8 Å². The second kappa shape index (κ2) is 7.63. The van der Waals surface area contributed by atoms with Gasteiger partial charge in [0.05, 0.1) is 13.0 Å². The average Bonchev–Trinajstić information content (AvgIpc) is 2.55. The van der Waals surface area contributed by atoms with Crippen LogP contribution >= 0.6 is 15.9 Å². The topological polar surface area (TPSA) is 55.8 Å². The Labute approximate surface area is 138 Å². The van der Waals surface area contributed by atoms with E-state index in [4.69, 9.17) is 9.47 Å². The van der Waals surface area contributed by atoms with Gasteiger partial charge in [0, 0.05) is 17.6 Å². The number of esters is 1. The van der Waals surface area contributed by atoms with E-state index in [-0.39, 0.29) is 17.8 Å². The SMILES string of the molecule is COC(=O)C1CCCN(C(=O)C(C)Oc2ccc(Br)cc2)C1. The van der Waals surface area contributed by atoms with Gasteiger partial charge in [-0.05, 0) is 44.0 Å². The number of carbonyl (C=O) groups excluding carboxylic acids is 2. The Morgan fingerprint density at radius 3 is 2.64 bits per heavy atom. The van der Waals surface area contributed by atoms with Crippen molar-refractivity contribution in [2.45, 2.75) is 25.9 Å². The fourth-order valence-corrected chi connectivity index (χ4v) is 2.83. The lowest BCUT2D eigenvalue weighted by Crippen LogP contribution is -2.47. The molecule has 1 saturated heterocycles. The molecule has 120 valence electrons. The van der Waals surface area contributed by atoms with Gasteiger partial charge in [0.2, 0.25) is 0 Å². The second-order valence-electron chi connectivity index (χ2n) is 5.36. The lowest BCUT2D eigenvalue weighted by Gasteiger charge is -2.33. The predicted octanol–water partition coefficient (Wildman–Crippen LogP) is 2.63. The largest absolute Gasteiger partial charge is 0.481 e. The van der Waals surface area contributed by atoms with Crippen LogP contribution in [0, 0.1) is 5.92 Å². The monoisotopic (exact) mass is 369 g/mol. The zero-order valence-corrected chi connectivity index (χ0v) is 14.3. The van der Waals surface area contributed by atoms with E-state index in [2.05, 4.69) is 15.9 Å². The number of benzene rings is 1. The molecule has 1 aliphatic heterocycles. The summed E-state index contributed by atoms with van der Waals surface area (Å²) in [5.74, 6) is 0.0589. The number of rotatable bonds is 4. The standard InChI is InChI=1S/C16H20BrNO4/c1-11(22-14-7-5-13(17)6-8-14)15(19)18-9-3-4-12(10-18)16(20)21-2/h5-8,11-12H,3-4,9-10H2,1-2H3. The van der Waals surface area contributed by atoms with E-state index >= 15 is 0 Å². The van der Waals surface area contributed by atoms with Gasteiger partial charge in [0.1, 0.15) is 5.75 Å². The molecular formula is C16H20BrNO4. The highest BCUT2D eigenvalue weighted by molar-refractivity contribution is 9.10. The number of piperidine rings is 1. The normalized spacial score (nSPS) is 19.4. The number of likely N-dealkylation sites (tertiary alicyclic amines) is 1. The number of carbonyl (C=O) groups is 2. The Hall–Kier alpha value is -1.56. The molecule has 2 unspecified atom stereocenters. The molecule has 2 rings (SSSR count). The van der Waals surface area contributed by atoms with Crippen LogP contribution in [-0.4, -0.2) is 43.1 Å². The molecule has 0 aromatic heterocycles. The molecule has 1 aromatic rings. The van der Waals surface area contributed by atoms with Crippen LogP contribution in [0.25, 0.3) is 0 Å². The van der Waals surface area contributed by atoms with Gasteiger partial charge in [-0.25, -0.2) is 0 Å². The number of hydrogen-bond acceptors (Lipinski definition) is 4. The fraction of sp³-hybridized carbons (Fsp3) is 0.500. The third kappa shape index (κ3) is 4.22. The summed E-state index contributed by atoms with van der Waals surface area (Å²) in [6.07, 6.45) is 0.979. The molecule has 0 N–H and O–H groups in total. The van der Waals surface area contributed by atoms with E-state index in [1.54, 1.807) is 24.0 Å². The second-order valence-corrected chi connectivity index (χ2v) is 6.28. The van der Waals surface area contributed by atoms with Crippen molar-refractivity contribution in [2.24, 2.45) is 5.92 Å². The van der Waals surface area contributed by atoms with Crippen molar-refractivity contribution in [2.75, 3.05) is 20.2 Å². The molecule has 22 heavy (non-hydrogen) atoms. The Kier molecular flexibility index (Phi) is 5.83. The number of ether oxygens (including phenoxy) is 2. The zero-order valence-electron chi connectivity index (χ0n) is 12.8. The summed E-state index contributed by atoms with van der Waals surface area (Å²) in [6.45, 7) is 2.78. The van der Waals surface area contributed by atoms with E-state index in [0.29, 0.717) is 18.8 Å². The van der Waals surface area contributed by atoms with E-state index in [9.17, 15) is 9.59 Å². The summed E-state index contributed by atoms with van der Waals surface area (Å²) in [5, 5.41) is 0. The highest BCUT2D eigenvalue weighted by Gasteiger charge is 2.31. The molecule has 5 nitrogen and oxygen atoms in total. The Morgan fingerprint density at radius 1 is 1.32 bits per heavy atom. The van der Waals surface area contributed by atoms with Crippen molar-refractivity contribution in [3.05, 3.63) is 28.7 Å². The van der Waals surface area contributed by atoms with Gasteiger partial charge in [0.25, 0.3) is 5.91 Å². The number of nitrogens with zero attached hydrogens (tertiary/aromatic N) is 1. The molecular weight excluding hydrogens is 350 g/mol. The first-order valence-corrected chi connectivity index (χ1v) is 8.09. The van der Waals surface area contributed by atoms with Gasteiger partial charge < -0.3 is 14.4 Å². The molecule has 0 bridgehead atoms. The van der Waals surface area contributed by atoms with E-state index < -0.39 is 6.10 Å². The molecule has 0 radical (unpaired) electrons. The molecule has 0 aliphatic carbocycles. The van der Waals surface area contributed by atoms with Crippen molar-refractivity contribution >= 4 is 27.8 Å². The van der Waals surface area contributed by atoms with Crippen LogP contribution in [-0.2, 0) is 14.3 Å². The van der Waals surface area contributed by atoms with Crippen molar-refractivity contribution in [3.63, 3.8) is 0 Å². The lowest BCUT2D eigenvalue weighted by molar-refractivity contribution is -0.150. The summed E-state index contributed by atoms with van der Waals surface area (Å²) >= 11 is 3.36. The first-order chi connectivity index (χ1) is 10.5. The Bertz CT molecular complexity index is 531. The van der Waals surface area contributed by atoms with E-state index in [1.807, 2.05) is 12.1 Å². The van der Waals surface area contributed by atoms with Crippen LogP contribution in [0.2, 0.25) is 0 Å². The third-order valence-electron chi connectivity index (χ3n) is 3.74. The number of hydrogen-bond donors (Lipinski definition) is 0. The van der Waals surface area contributed by atoms with Gasteiger partial charge in [-0.1, -0.05) is 15.9 Å². The number of amides is 1. The minimum Gasteiger partial charge on any atom is -0.481 e. The summed E-state index contributed by atoms with van der Waals surface area (Å²) in [6, 6.07) is 7.34. The minimum atomic E-state index is -0.586.